The average Bonchev–Trinajstić information content (AvgIpc) is 2.17. The van der Waals surface area contributed by atoms with Crippen LogP contribution in [0, 0.1) is 0 Å². The van der Waals surface area contributed by atoms with Crippen LogP contribution < -0.4 is 11.1 Å². The Morgan fingerprint density at radius 1 is 0.955 bits per heavy atom. The molecule has 0 fully saturated rings. The smallest absolute Gasteiger partial charge is 0.314 e. The van der Waals surface area contributed by atoms with Crippen molar-refractivity contribution in [1.82, 2.24) is 5.32 Å². The molecule has 0 spiro atoms. The summed E-state index contributed by atoms with van der Waals surface area (Å²) in [7, 11) is -5.62. The minimum atomic E-state index is -2.24. The third-order valence-corrected chi connectivity index (χ3v) is 12.1. The summed E-state index contributed by atoms with van der Waals surface area (Å²) in [6, 6.07) is 0.832. The van der Waals surface area contributed by atoms with Crippen LogP contribution in [0.15, 0.2) is 0 Å². The number of carbonyl (C=O) groups is 2. The van der Waals surface area contributed by atoms with Gasteiger partial charge >= 0.3 is 8.56 Å². The molecule has 0 saturated carbocycles. The highest BCUT2D eigenvalue weighted by atomic mass is 28.5. The molecular formula is C13H32N2O4Si3. The van der Waals surface area contributed by atoms with E-state index >= 15 is 0 Å². The molecule has 130 valence electrons. The Kier molecular flexibility index (Phi) is 8.20. The lowest BCUT2D eigenvalue weighted by Crippen LogP contribution is -2.52. The fraction of sp³-hybridized carbons (Fsp3) is 0.846. The predicted octanol–water partition coefficient (Wildman–Crippen LogP) is 2.14. The van der Waals surface area contributed by atoms with E-state index in [9.17, 15) is 9.59 Å². The molecule has 0 heterocycles. The average molecular weight is 365 g/mol. The van der Waals surface area contributed by atoms with E-state index in [0.29, 0.717) is 6.54 Å². The number of carbonyl (C=O) groups excluding carboxylic acids is 2. The van der Waals surface area contributed by atoms with Gasteiger partial charge in [0, 0.05) is 6.54 Å². The highest BCUT2D eigenvalue weighted by Crippen LogP contribution is 2.25. The van der Waals surface area contributed by atoms with Crippen molar-refractivity contribution in [3.8, 4) is 0 Å². The Labute approximate surface area is 137 Å². The van der Waals surface area contributed by atoms with Crippen molar-refractivity contribution in [2.75, 3.05) is 6.54 Å². The lowest BCUT2D eigenvalue weighted by Gasteiger charge is -2.38. The maximum absolute atomic E-state index is 11.4. The topological polar surface area (TPSA) is 90.6 Å². The zero-order valence-electron chi connectivity index (χ0n) is 15.0. The second kappa shape index (κ2) is 8.39. The molecule has 0 aromatic heterocycles. The van der Waals surface area contributed by atoms with E-state index in [0.717, 1.165) is 12.5 Å². The van der Waals surface area contributed by atoms with Crippen LogP contribution in [0.1, 0.15) is 12.8 Å². The zero-order valence-corrected chi connectivity index (χ0v) is 18.0. The molecule has 6 nitrogen and oxygen atoms in total. The predicted molar refractivity (Wildman–Crippen MR) is 96.7 cm³/mol. The van der Waals surface area contributed by atoms with E-state index in [2.05, 4.69) is 51.1 Å². The third kappa shape index (κ3) is 12.1. The summed E-state index contributed by atoms with van der Waals surface area (Å²) < 4.78 is 12.8. The van der Waals surface area contributed by atoms with Gasteiger partial charge in [-0.3, -0.25) is 9.59 Å². The van der Waals surface area contributed by atoms with Crippen LogP contribution in [0.4, 0.5) is 0 Å². The van der Waals surface area contributed by atoms with Crippen molar-refractivity contribution in [3.05, 3.63) is 0 Å². The molecule has 0 aliphatic heterocycles. The maximum atomic E-state index is 11.4. The van der Waals surface area contributed by atoms with Gasteiger partial charge in [-0.05, 0) is 58.3 Å². The quantitative estimate of drug-likeness (QED) is 0.353. The van der Waals surface area contributed by atoms with Gasteiger partial charge < -0.3 is 19.3 Å². The summed E-state index contributed by atoms with van der Waals surface area (Å²) in [6.45, 7) is 15.6. The van der Waals surface area contributed by atoms with Crippen LogP contribution in [0.3, 0.4) is 0 Å². The Hall–Kier alpha value is -0.489. The SMILES string of the molecule is C[Si](C)(C)O[Si](C)(CCCNC(=O)CC(N)=O)O[Si](C)(C)C. The van der Waals surface area contributed by atoms with Crippen LogP contribution in [0.2, 0.25) is 51.9 Å². The largest absolute Gasteiger partial charge is 0.437 e. The van der Waals surface area contributed by atoms with E-state index < -0.39 is 31.1 Å². The first-order chi connectivity index (χ1) is 9.72. The Morgan fingerprint density at radius 2 is 1.41 bits per heavy atom. The summed E-state index contributed by atoms with van der Waals surface area (Å²) >= 11 is 0. The van der Waals surface area contributed by atoms with Crippen molar-refractivity contribution in [3.63, 3.8) is 0 Å². The summed E-state index contributed by atoms with van der Waals surface area (Å²) in [5, 5.41) is 2.71. The number of hydrogen-bond acceptors (Lipinski definition) is 4. The van der Waals surface area contributed by atoms with Gasteiger partial charge in [0.05, 0.1) is 0 Å². The molecule has 0 unspecified atom stereocenters. The van der Waals surface area contributed by atoms with Gasteiger partial charge in [0.25, 0.3) is 0 Å². The number of nitrogens with one attached hydrogen (secondary N) is 1. The molecule has 0 aromatic carbocycles. The van der Waals surface area contributed by atoms with Gasteiger partial charge in [0.2, 0.25) is 11.8 Å². The zero-order chi connectivity index (χ0) is 17.6. The Balaban J connectivity index is 4.48. The summed E-state index contributed by atoms with van der Waals surface area (Å²) in [5.74, 6) is -0.936. The summed E-state index contributed by atoms with van der Waals surface area (Å²) in [6.07, 6.45) is 0.522. The summed E-state index contributed by atoms with van der Waals surface area (Å²) in [4.78, 5) is 22.0. The molecule has 0 atom stereocenters. The minimum absolute atomic E-state index is 0.258. The number of nitrogens with two attached hydrogens (primary N) is 1. The number of primary amides is 1. The molecule has 3 N–H and O–H groups in total. The molecule has 0 saturated heterocycles. The van der Waals surface area contributed by atoms with Gasteiger partial charge in [0.15, 0.2) is 16.6 Å². The third-order valence-electron chi connectivity index (χ3n) is 2.51. The number of hydrogen-bond donors (Lipinski definition) is 2. The van der Waals surface area contributed by atoms with E-state index in [1.165, 1.54) is 0 Å². The van der Waals surface area contributed by atoms with Crippen LogP contribution >= 0.6 is 0 Å². The first-order valence-electron chi connectivity index (χ1n) is 7.68. The molecule has 9 heteroatoms. The van der Waals surface area contributed by atoms with Crippen molar-refractivity contribution >= 4 is 37.0 Å². The van der Waals surface area contributed by atoms with Crippen molar-refractivity contribution in [1.29, 1.82) is 0 Å². The highest BCUT2D eigenvalue weighted by Gasteiger charge is 2.39. The second-order valence-corrected chi connectivity index (χ2v) is 20.5. The fourth-order valence-electron chi connectivity index (χ4n) is 2.28. The minimum Gasteiger partial charge on any atom is -0.437 e. The standard InChI is InChI=1S/C13H32N2O4Si3/c1-20(2,3)18-22(7,19-21(4,5)6)10-8-9-15-13(17)11-12(14)16/h8-11H2,1-7H3,(H2,14,16)(H,15,17). The van der Waals surface area contributed by atoms with E-state index in [1.807, 2.05) is 0 Å². The van der Waals surface area contributed by atoms with E-state index in [-0.39, 0.29) is 12.3 Å². The first kappa shape index (κ1) is 21.5. The normalized spacial score (nSPS) is 13.0. The van der Waals surface area contributed by atoms with Gasteiger partial charge in [-0.2, -0.15) is 0 Å². The molecular weight excluding hydrogens is 332 g/mol. The van der Waals surface area contributed by atoms with Gasteiger partial charge in [-0.15, -0.1) is 0 Å². The molecule has 0 aromatic rings. The Morgan fingerprint density at radius 3 is 1.77 bits per heavy atom. The molecule has 2 amide bonds. The molecule has 0 radical (unpaired) electrons. The van der Waals surface area contributed by atoms with Crippen LogP contribution in [-0.4, -0.2) is 43.6 Å². The van der Waals surface area contributed by atoms with E-state index in [1.54, 1.807) is 0 Å². The van der Waals surface area contributed by atoms with Gasteiger partial charge in [-0.1, -0.05) is 0 Å². The van der Waals surface area contributed by atoms with Crippen LogP contribution in [0.25, 0.3) is 0 Å². The lowest BCUT2D eigenvalue weighted by molar-refractivity contribution is -0.127. The van der Waals surface area contributed by atoms with Crippen molar-refractivity contribution < 1.29 is 17.8 Å². The number of rotatable bonds is 10. The van der Waals surface area contributed by atoms with Gasteiger partial charge in [-0.25, -0.2) is 0 Å². The molecule has 0 aliphatic carbocycles. The number of amides is 2. The first-order valence-corrected chi connectivity index (χ1v) is 17.0. The lowest BCUT2D eigenvalue weighted by atomic mass is 10.4. The monoisotopic (exact) mass is 364 g/mol. The molecule has 0 rings (SSSR count). The van der Waals surface area contributed by atoms with Crippen molar-refractivity contribution in [2.45, 2.75) is 64.7 Å². The van der Waals surface area contributed by atoms with Crippen LogP contribution in [-0.2, 0) is 17.8 Å². The molecule has 22 heavy (non-hydrogen) atoms. The molecule has 0 bridgehead atoms. The van der Waals surface area contributed by atoms with Gasteiger partial charge in [0.1, 0.15) is 6.42 Å². The van der Waals surface area contributed by atoms with E-state index in [4.69, 9.17) is 14.0 Å². The summed E-state index contributed by atoms with van der Waals surface area (Å²) in [5.41, 5.74) is 4.98. The maximum Gasteiger partial charge on any atom is 0.314 e. The highest BCUT2D eigenvalue weighted by molar-refractivity contribution is 6.87. The van der Waals surface area contributed by atoms with Crippen molar-refractivity contribution in [2.24, 2.45) is 5.73 Å². The fourth-order valence-corrected chi connectivity index (χ4v) is 14.8. The Bertz CT molecular complexity index is 376. The molecule has 0 aliphatic rings. The second-order valence-electron chi connectivity index (χ2n) is 7.66. The van der Waals surface area contributed by atoms with Crippen LogP contribution in [0.5, 0.6) is 0 Å².